The Balaban J connectivity index is 1.87. The first kappa shape index (κ1) is 20.0. The Kier molecular flexibility index (Phi) is 7.07. The van der Waals surface area contributed by atoms with E-state index in [1.54, 1.807) is 25.2 Å². The van der Waals surface area contributed by atoms with Gasteiger partial charge < -0.3 is 15.0 Å². The number of carbonyl (C=O) groups is 2. The first-order valence-electron chi connectivity index (χ1n) is 8.12. The van der Waals surface area contributed by atoms with Crippen LogP contribution in [0.3, 0.4) is 0 Å². The molecule has 1 heterocycles. The van der Waals surface area contributed by atoms with Crippen LogP contribution in [0.1, 0.15) is 13.8 Å². The van der Waals surface area contributed by atoms with Gasteiger partial charge in [0.1, 0.15) is 0 Å². The Morgan fingerprint density at radius 1 is 1.24 bits per heavy atom. The Bertz CT molecular complexity index is 611. The smallest absolute Gasteiger partial charge is 0.244 e. The average Bonchev–Trinajstić information content (AvgIpc) is 2.50. The third kappa shape index (κ3) is 5.85. The van der Waals surface area contributed by atoms with Gasteiger partial charge in [0.05, 0.1) is 41.0 Å². The lowest BCUT2D eigenvalue weighted by Gasteiger charge is -2.35. The third-order valence-electron chi connectivity index (χ3n) is 3.89. The van der Waals surface area contributed by atoms with Gasteiger partial charge in [0.25, 0.3) is 0 Å². The summed E-state index contributed by atoms with van der Waals surface area (Å²) in [7, 11) is 1.60. The Morgan fingerprint density at radius 3 is 2.36 bits per heavy atom. The predicted molar refractivity (Wildman–Crippen MR) is 99.2 cm³/mol. The van der Waals surface area contributed by atoms with Crippen molar-refractivity contribution in [1.82, 2.24) is 9.80 Å². The van der Waals surface area contributed by atoms with Crippen molar-refractivity contribution in [1.29, 1.82) is 0 Å². The highest BCUT2D eigenvalue weighted by Gasteiger charge is 2.25. The van der Waals surface area contributed by atoms with Crippen molar-refractivity contribution < 1.29 is 14.3 Å². The molecule has 2 amide bonds. The Hall–Kier alpha value is -1.34. The van der Waals surface area contributed by atoms with Gasteiger partial charge in [-0.3, -0.25) is 14.5 Å². The first-order chi connectivity index (χ1) is 11.8. The van der Waals surface area contributed by atoms with Crippen LogP contribution >= 0.6 is 23.2 Å². The first-order valence-corrected chi connectivity index (χ1v) is 8.87. The maximum Gasteiger partial charge on any atom is 0.244 e. The lowest BCUT2D eigenvalue weighted by molar-refractivity contribution is -0.137. The number of nitrogens with one attached hydrogen (secondary N) is 1. The summed E-state index contributed by atoms with van der Waals surface area (Å²) in [5.41, 5.74) is 0.354. The largest absolute Gasteiger partial charge is 0.373 e. The summed E-state index contributed by atoms with van der Waals surface area (Å²) in [6.07, 6.45) is 0.181. The number of nitrogens with zero attached hydrogens (tertiary/aromatic N) is 2. The second-order valence-electron chi connectivity index (χ2n) is 6.35. The molecule has 1 aromatic rings. The van der Waals surface area contributed by atoms with Crippen LogP contribution in [0.2, 0.25) is 10.0 Å². The maximum absolute atomic E-state index is 12.4. The number of anilines is 1. The van der Waals surface area contributed by atoms with Gasteiger partial charge in [-0.25, -0.2) is 0 Å². The molecule has 1 aliphatic heterocycles. The summed E-state index contributed by atoms with van der Waals surface area (Å²) >= 11 is 12.1. The van der Waals surface area contributed by atoms with E-state index in [1.807, 2.05) is 18.7 Å². The van der Waals surface area contributed by atoms with Crippen LogP contribution < -0.4 is 5.32 Å². The number of para-hydroxylation sites is 1. The van der Waals surface area contributed by atoms with Gasteiger partial charge in [-0.15, -0.1) is 0 Å². The average molecular weight is 388 g/mol. The lowest BCUT2D eigenvalue weighted by Crippen LogP contribution is -2.50. The fourth-order valence-corrected chi connectivity index (χ4v) is 3.32. The molecule has 8 heteroatoms. The number of halogens is 2. The van der Waals surface area contributed by atoms with E-state index in [2.05, 4.69) is 5.32 Å². The Morgan fingerprint density at radius 2 is 1.80 bits per heavy atom. The summed E-state index contributed by atoms with van der Waals surface area (Å²) in [6.45, 7) is 5.55. The Labute approximate surface area is 158 Å². The van der Waals surface area contributed by atoms with Crippen LogP contribution in [0.25, 0.3) is 0 Å². The quantitative estimate of drug-likeness (QED) is 0.842. The van der Waals surface area contributed by atoms with Crippen LogP contribution in [0.4, 0.5) is 5.69 Å². The SMILES string of the molecule is C[C@@H]1CN(CC(=O)N(C)CC(=O)Nc2c(Cl)cccc2Cl)C[C@@H](C)O1. The van der Waals surface area contributed by atoms with Gasteiger partial charge in [0.15, 0.2) is 0 Å². The number of hydrogen-bond acceptors (Lipinski definition) is 4. The highest BCUT2D eigenvalue weighted by Crippen LogP contribution is 2.29. The molecule has 138 valence electrons. The molecular weight excluding hydrogens is 365 g/mol. The summed E-state index contributed by atoms with van der Waals surface area (Å²) in [6, 6.07) is 4.97. The molecule has 0 radical (unpaired) electrons. The molecule has 1 aliphatic rings. The van der Waals surface area contributed by atoms with E-state index in [-0.39, 0.29) is 37.1 Å². The molecule has 0 aromatic heterocycles. The molecule has 0 aliphatic carbocycles. The van der Waals surface area contributed by atoms with Crippen molar-refractivity contribution in [3.63, 3.8) is 0 Å². The number of hydrogen-bond donors (Lipinski definition) is 1. The molecule has 0 spiro atoms. The monoisotopic (exact) mass is 387 g/mol. The molecule has 25 heavy (non-hydrogen) atoms. The van der Waals surface area contributed by atoms with Crippen molar-refractivity contribution in [2.24, 2.45) is 0 Å². The van der Waals surface area contributed by atoms with Gasteiger partial charge in [-0.1, -0.05) is 29.3 Å². The predicted octanol–water partition coefficient (Wildman–Crippen LogP) is 2.50. The van der Waals surface area contributed by atoms with E-state index in [4.69, 9.17) is 27.9 Å². The van der Waals surface area contributed by atoms with Crippen molar-refractivity contribution in [3.8, 4) is 0 Å². The van der Waals surface area contributed by atoms with Gasteiger partial charge in [-0.05, 0) is 26.0 Å². The number of morpholine rings is 1. The van der Waals surface area contributed by atoms with Gasteiger partial charge >= 0.3 is 0 Å². The van der Waals surface area contributed by atoms with Crippen LogP contribution in [0.5, 0.6) is 0 Å². The minimum Gasteiger partial charge on any atom is -0.373 e. The van der Waals surface area contributed by atoms with Crippen molar-refractivity contribution >= 4 is 40.7 Å². The number of rotatable bonds is 5. The molecular formula is C17H23Cl2N3O3. The van der Waals surface area contributed by atoms with E-state index in [0.717, 1.165) is 0 Å². The molecule has 2 rings (SSSR count). The number of likely N-dealkylation sites (N-methyl/N-ethyl adjacent to an activating group) is 1. The molecule has 6 nitrogen and oxygen atoms in total. The molecule has 0 unspecified atom stereocenters. The van der Waals surface area contributed by atoms with Gasteiger partial charge in [-0.2, -0.15) is 0 Å². The number of amides is 2. The molecule has 1 aromatic carbocycles. The summed E-state index contributed by atoms with van der Waals surface area (Å²) in [5.74, 6) is -0.476. The van der Waals surface area contributed by atoms with Crippen LogP contribution in [0.15, 0.2) is 18.2 Å². The van der Waals surface area contributed by atoms with Gasteiger partial charge in [0.2, 0.25) is 11.8 Å². The second-order valence-corrected chi connectivity index (χ2v) is 7.16. The maximum atomic E-state index is 12.4. The summed E-state index contributed by atoms with van der Waals surface area (Å²) in [4.78, 5) is 28.0. The van der Waals surface area contributed by atoms with Crippen molar-refractivity contribution in [2.45, 2.75) is 26.1 Å². The molecule has 1 fully saturated rings. The standard InChI is InChI=1S/C17H23Cl2N3O3/c1-11-7-22(8-12(2)25-11)10-16(24)21(3)9-15(23)20-17-13(18)5-4-6-14(17)19/h4-6,11-12H,7-10H2,1-3H3,(H,20,23)/t11-,12-/m1/s1. The van der Waals surface area contributed by atoms with E-state index in [9.17, 15) is 9.59 Å². The van der Waals surface area contributed by atoms with Gasteiger partial charge in [0, 0.05) is 20.1 Å². The van der Waals surface area contributed by atoms with E-state index >= 15 is 0 Å². The molecule has 2 atom stereocenters. The summed E-state index contributed by atoms with van der Waals surface area (Å²) < 4.78 is 5.66. The normalized spacial score (nSPS) is 21.0. The van der Waals surface area contributed by atoms with E-state index in [1.165, 1.54) is 4.90 Å². The summed E-state index contributed by atoms with van der Waals surface area (Å²) in [5, 5.41) is 3.36. The van der Waals surface area contributed by atoms with Crippen molar-refractivity contribution in [2.75, 3.05) is 38.5 Å². The highest BCUT2D eigenvalue weighted by atomic mass is 35.5. The zero-order valence-corrected chi connectivity index (χ0v) is 16.1. The second kappa shape index (κ2) is 8.85. The topological polar surface area (TPSA) is 61.9 Å². The van der Waals surface area contributed by atoms with E-state index in [0.29, 0.717) is 28.8 Å². The molecule has 0 bridgehead atoms. The molecule has 0 saturated carbocycles. The molecule has 1 N–H and O–H groups in total. The van der Waals surface area contributed by atoms with Crippen LogP contribution in [-0.2, 0) is 14.3 Å². The van der Waals surface area contributed by atoms with Crippen molar-refractivity contribution in [3.05, 3.63) is 28.2 Å². The number of ether oxygens (including phenoxy) is 1. The van der Waals surface area contributed by atoms with Crippen LogP contribution in [0, 0.1) is 0 Å². The highest BCUT2D eigenvalue weighted by molar-refractivity contribution is 6.39. The zero-order chi connectivity index (χ0) is 18.6. The minimum absolute atomic E-state index is 0.0736. The zero-order valence-electron chi connectivity index (χ0n) is 14.6. The number of carbonyl (C=O) groups excluding carboxylic acids is 2. The number of benzene rings is 1. The van der Waals surface area contributed by atoms with E-state index < -0.39 is 0 Å². The molecule has 1 saturated heterocycles. The fourth-order valence-electron chi connectivity index (χ4n) is 2.83. The van der Waals surface area contributed by atoms with Crippen LogP contribution in [-0.4, -0.2) is 67.0 Å². The third-order valence-corrected chi connectivity index (χ3v) is 4.52. The fraction of sp³-hybridized carbons (Fsp3) is 0.529. The lowest BCUT2D eigenvalue weighted by atomic mass is 10.2. The minimum atomic E-state index is -0.352.